The molecular formula is C12H14F4O2. The zero-order chi connectivity index (χ0) is 13.8. The van der Waals surface area contributed by atoms with Crippen LogP contribution in [0, 0.1) is 5.82 Å². The van der Waals surface area contributed by atoms with Gasteiger partial charge in [-0.15, -0.1) is 0 Å². The first-order chi connectivity index (χ1) is 8.36. The summed E-state index contributed by atoms with van der Waals surface area (Å²) in [4.78, 5) is 0. The fourth-order valence-electron chi connectivity index (χ4n) is 1.40. The summed E-state index contributed by atoms with van der Waals surface area (Å²) >= 11 is 0. The molecule has 102 valence electrons. The maximum absolute atomic E-state index is 13.3. The molecule has 0 aliphatic heterocycles. The second-order valence-corrected chi connectivity index (χ2v) is 3.82. The number of benzene rings is 1. The number of aliphatic hydroxyl groups excluding tert-OH is 1. The normalized spacial score (nSPS) is 13.7. The molecule has 0 aliphatic carbocycles. The van der Waals surface area contributed by atoms with Crippen molar-refractivity contribution in [1.82, 2.24) is 0 Å². The Morgan fingerprint density at radius 3 is 2.56 bits per heavy atom. The Kier molecular flexibility index (Phi) is 5.10. The van der Waals surface area contributed by atoms with Gasteiger partial charge >= 0.3 is 6.18 Å². The lowest BCUT2D eigenvalue weighted by molar-refractivity contribution is -0.137. The number of ether oxygens (including phenoxy) is 1. The van der Waals surface area contributed by atoms with Gasteiger partial charge in [0.2, 0.25) is 0 Å². The molecule has 0 fully saturated rings. The van der Waals surface area contributed by atoms with Gasteiger partial charge in [0, 0.05) is 12.2 Å². The van der Waals surface area contributed by atoms with Gasteiger partial charge in [0.1, 0.15) is 11.9 Å². The molecule has 0 spiro atoms. The zero-order valence-corrected chi connectivity index (χ0v) is 9.80. The number of rotatable bonds is 5. The Morgan fingerprint density at radius 1 is 1.33 bits per heavy atom. The van der Waals surface area contributed by atoms with Gasteiger partial charge in [-0.05, 0) is 24.6 Å². The molecule has 0 amide bonds. The summed E-state index contributed by atoms with van der Waals surface area (Å²) in [5, 5.41) is 9.59. The maximum atomic E-state index is 13.3. The lowest BCUT2D eigenvalue weighted by atomic mass is 10.1. The van der Waals surface area contributed by atoms with E-state index < -0.39 is 29.2 Å². The molecule has 0 saturated heterocycles. The first-order valence-electron chi connectivity index (χ1n) is 5.48. The summed E-state index contributed by atoms with van der Waals surface area (Å²) in [6.07, 6.45) is -5.26. The van der Waals surface area contributed by atoms with Crippen molar-refractivity contribution >= 4 is 0 Å². The minimum Gasteiger partial charge on any atom is -0.386 e. The molecule has 0 aromatic heterocycles. The van der Waals surface area contributed by atoms with Crippen LogP contribution in [0.15, 0.2) is 18.2 Å². The smallest absolute Gasteiger partial charge is 0.386 e. The van der Waals surface area contributed by atoms with Crippen LogP contribution in [0.2, 0.25) is 0 Å². The molecule has 1 rings (SSSR count). The fraction of sp³-hybridized carbons (Fsp3) is 0.500. The van der Waals surface area contributed by atoms with Gasteiger partial charge in [0.05, 0.1) is 12.2 Å². The van der Waals surface area contributed by atoms with E-state index in [1.54, 1.807) is 0 Å². The van der Waals surface area contributed by atoms with E-state index in [0.717, 1.165) is 0 Å². The van der Waals surface area contributed by atoms with Crippen LogP contribution >= 0.6 is 0 Å². The molecule has 18 heavy (non-hydrogen) atoms. The standard InChI is InChI=1S/C12H14F4O2/c1-2-5-18-7-11(17)9-6-8(12(14,15)16)3-4-10(9)13/h3-4,6,11,17H,2,5,7H2,1H3. The van der Waals surface area contributed by atoms with E-state index in [9.17, 15) is 22.7 Å². The van der Waals surface area contributed by atoms with Gasteiger partial charge in [-0.3, -0.25) is 0 Å². The third-order valence-electron chi connectivity index (χ3n) is 2.31. The number of hydrogen-bond donors (Lipinski definition) is 1. The highest BCUT2D eigenvalue weighted by atomic mass is 19.4. The highest BCUT2D eigenvalue weighted by Crippen LogP contribution is 2.31. The fourth-order valence-corrected chi connectivity index (χ4v) is 1.40. The summed E-state index contributed by atoms with van der Waals surface area (Å²) in [5.41, 5.74) is -1.39. The molecule has 1 atom stereocenters. The van der Waals surface area contributed by atoms with E-state index in [-0.39, 0.29) is 6.61 Å². The van der Waals surface area contributed by atoms with E-state index in [1.807, 2.05) is 6.92 Å². The van der Waals surface area contributed by atoms with Gasteiger partial charge in [-0.2, -0.15) is 13.2 Å². The molecule has 2 nitrogen and oxygen atoms in total. The van der Waals surface area contributed by atoms with Crippen molar-refractivity contribution in [3.8, 4) is 0 Å². The molecule has 1 N–H and O–H groups in total. The molecule has 0 bridgehead atoms. The van der Waals surface area contributed by atoms with Crippen LogP contribution in [-0.2, 0) is 10.9 Å². The first-order valence-corrected chi connectivity index (χ1v) is 5.48. The largest absolute Gasteiger partial charge is 0.416 e. The van der Waals surface area contributed by atoms with E-state index in [2.05, 4.69) is 0 Å². The van der Waals surface area contributed by atoms with E-state index in [0.29, 0.717) is 31.2 Å². The van der Waals surface area contributed by atoms with Crippen molar-refractivity contribution in [2.45, 2.75) is 25.6 Å². The third-order valence-corrected chi connectivity index (χ3v) is 2.31. The summed E-state index contributed by atoms with van der Waals surface area (Å²) < 4.78 is 55.6. The van der Waals surface area contributed by atoms with Gasteiger partial charge < -0.3 is 9.84 Å². The highest BCUT2D eigenvalue weighted by Gasteiger charge is 2.31. The summed E-state index contributed by atoms with van der Waals surface area (Å²) in [5.74, 6) is -0.879. The van der Waals surface area contributed by atoms with Crippen molar-refractivity contribution in [3.05, 3.63) is 35.1 Å². The topological polar surface area (TPSA) is 29.5 Å². The lowest BCUT2D eigenvalue weighted by Crippen LogP contribution is -2.12. The van der Waals surface area contributed by atoms with E-state index in [4.69, 9.17) is 4.74 Å². The predicted octanol–water partition coefficient (Wildman–Crippen LogP) is 3.30. The van der Waals surface area contributed by atoms with Gasteiger partial charge in [0.25, 0.3) is 0 Å². The number of aliphatic hydroxyl groups is 1. The average molecular weight is 266 g/mol. The monoisotopic (exact) mass is 266 g/mol. The van der Waals surface area contributed by atoms with Crippen LogP contribution in [-0.4, -0.2) is 18.3 Å². The molecule has 0 aliphatic rings. The molecule has 6 heteroatoms. The average Bonchev–Trinajstić information content (AvgIpc) is 2.28. The van der Waals surface area contributed by atoms with Crippen molar-refractivity contribution in [2.24, 2.45) is 0 Å². The van der Waals surface area contributed by atoms with Gasteiger partial charge in [-0.1, -0.05) is 6.92 Å². The van der Waals surface area contributed by atoms with Crippen molar-refractivity contribution in [1.29, 1.82) is 0 Å². The Labute approximate surface area is 102 Å². The van der Waals surface area contributed by atoms with Crippen LogP contribution < -0.4 is 0 Å². The molecule has 0 heterocycles. The minimum atomic E-state index is -4.56. The van der Waals surface area contributed by atoms with E-state index >= 15 is 0 Å². The Balaban J connectivity index is 2.86. The number of alkyl halides is 3. The van der Waals surface area contributed by atoms with Gasteiger partial charge in [0.15, 0.2) is 0 Å². The SMILES string of the molecule is CCCOCC(O)c1cc(C(F)(F)F)ccc1F. The van der Waals surface area contributed by atoms with Gasteiger partial charge in [-0.25, -0.2) is 4.39 Å². The summed E-state index contributed by atoms with van der Waals surface area (Å²) in [6.45, 7) is 1.97. The van der Waals surface area contributed by atoms with Crippen LogP contribution in [0.25, 0.3) is 0 Å². The van der Waals surface area contributed by atoms with Crippen LogP contribution in [0.3, 0.4) is 0 Å². The van der Waals surface area contributed by atoms with Crippen LogP contribution in [0.5, 0.6) is 0 Å². The second-order valence-electron chi connectivity index (χ2n) is 3.82. The van der Waals surface area contributed by atoms with Crippen LogP contribution in [0.4, 0.5) is 17.6 Å². The predicted molar refractivity (Wildman–Crippen MR) is 57.5 cm³/mol. The quantitative estimate of drug-likeness (QED) is 0.654. The Bertz CT molecular complexity index is 390. The van der Waals surface area contributed by atoms with Crippen LogP contribution in [0.1, 0.15) is 30.6 Å². The van der Waals surface area contributed by atoms with Crippen molar-refractivity contribution < 1.29 is 27.4 Å². The molecule has 1 unspecified atom stereocenters. The first kappa shape index (κ1) is 14.9. The van der Waals surface area contributed by atoms with Crippen molar-refractivity contribution in [3.63, 3.8) is 0 Å². The molecule has 1 aromatic carbocycles. The maximum Gasteiger partial charge on any atom is 0.416 e. The Morgan fingerprint density at radius 2 is 2.00 bits per heavy atom. The third kappa shape index (κ3) is 3.96. The second kappa shape index (κ2) is 6.15. The summed E-state index contributed by atoms with van der Waals surface area (Å²) in [6, 6.07) is 1.94. The highest BCUT2D eigenvalue weighted by molar-refractivity contribution is 5.28. The molecule has 0 radical (unpaired) electrons. The molecule has 0 saturated carbocycles. The zero-order valence-electron chi connectivity index (χ0n) is 9.80. The lowest BCUT2D eigenvalue weighted by Gasteiger charge is -2.14. The molecule has 1 aromatic rings. The molecular weight excluding hydrogens is 252 g/mol. The summed E-state index contributed by atoms with van der Waals surface area (Å²) in [7, 11) is 0. The van der Waals surface area contributed by atoms with Crippen molar-refractivity contribution in [2.75, 3.05) is 13.2 Å². The number of hydrogen-bond acceptors (Lipinski definition) is 2. The number of halogens is 4. The Hall–Kier alpha value is -1.14. The minimum absolute atomic E-state index is 0.230. The van der Waals surface area contributed by atoms with E-state index in [1.165, 1.54) is 0 Å².